The third kappa shape index (κ3) is 5.20. The van der Waals surface area contributed by atoms with Gasteiger partial charge in [-0.3, -0.25) is 0 Å². The lowest BCUT2D eigenvalue weighted by Crippen LogP contribution is -1.98. The molecule has 0 atom stereocenters. The topological polar surface area (TPSA) is 9.23 Å². The van der Waals surface area contributed by atoms with E-state index in [1.165, 1.54) is 22.8 Å². The summed E-state index contributed by atoms with van der Waals surface area (Å²) < 4.78 is 7.97. The Kier molecular flexibility index (Phi) is 6.64. The average molecular weight is 383 g/mol. The van der Waals surface area contributed by atoms with Crippen molar-refractivity contribution in [3.63, 3.8) is 0 Å². The van der Waals surface area contributed by atoms with Gasteiger partial charge in [0.25, 0.3) is 0 Å². The van der Waals surface area contributed by atoms with E-state index in [4.69, 9.17) is 4.74 Å². The average Bonchev–Trinajstić information content (AvgIpc) is 2.23. The van der Waals surface area contributed by atoms with Crippen LogP contribution < -0.4 is 4.74 Å². The van der Waals surface area contributed by atoms with Crippen molar-refractivity contribution in [2.24, 2.45) is 0 Å². The number of rotatable bonds is 6. The maximum atomic E-state index is 5.73. The predicted molar refractivity (Wildman–Crippen MR) is 76.5 cm³/mol. The fraction of sp³-hybridized carbons (Fsp3) is 0.500. The van der Waals surface area contributed by atoms with E-state index in [9.17, 15) is 0 Å². The molecule has 1 aromatic carbocycles. The molecule has 0 fully saturated rings. The second-order valence-electron chi connectivity index (χ2n) is 3.48. The Bertz CT molecular complexity index is 302. The Labute approximate surface area is 114 Å². The molecule has 0 heterocycles. The van der Waals surface area contributed by atoms with Crippen LogP contribution in [0, 0.1) is 3.57 Å². The van der Waals surface area contributed by atoms with Gasteiger partial charge in [0.05, 0.1) is 10.2 Å². The smallest absolute Gasteiger partial charge is 0.133 e. The molecule has 3 heteroatoms. The number of unbranched alkanes of at least 4 members (excludes halogenated alkanes) is 3. The normalized spacial score (nSPS) is 10.3. The lowest BCUT2D eigenvalue weighted by Gasteiger charge is -2.08. The zero-order chi connectivity index (χ0) is 11.1. The van der Waals surface area contributed by atoms with E-state index in [0.29, 0.717) is 0 Å². The molecule has 1 rings (SSSR count). The van der Waals surface area contributed by atoms with Gasteiger partial charge in [0.1, 0.15) is 5.75 Å². The first-order valence-corrected chi connectivity index (χ1v) is 7.19. The summed E-state index contributed by atoms with van der Waals surface area (Å²) in [5.41, 5.74) is 0. The molecule has 0 unspecified atom stereocenters. The second-order valence-corrected chi connectivity index (χ2v) is 5.56. The van der Waals surface area contributed by atoms with E-state index in [2.05, 4.69) is 51.5 Å². The van der Waals surface area contributed by atoms with Gasteiger partial charge in [-0.1, -0.05) is 42.1 Å². The van der Waals surface area contributed by atoms with E-state index in [1.807, 2.05) is 12.1 Å². The summed E-state index contributed by atoms with van der Waals surface area (Å²) >= 11 is 5.75. The highest BCUT2D eigenvalue weighted by molar-refractivity contribution is 14.1. The Hall–Kier alpha value is 0.230. The van der Waals surface area contributed by atoms with Crippen molar-refractivity contribution in [1.29, 1.82) is 0 Å². The quantitative estimate of drug-likeness (QED) is 0.496. The largest absolute Gasteiger partial charge is 0.492 e. The predicted octanol–water partition coefficient (Wildman–Crippen LogP) is 5.01. The summed E-state index contributed by atoms with van der Waals surface area (Å²) in [5.74, 6) is 0.987. The minimum atomic E-state index is 0.826. The molecule has 0 aliphatic rings. The van der Waals surface area contributed by atoms with Crippen LogP contribution in [0.25, 0.3) is 0 Å². The molecule has 0 radical (unpaired) electrons. The first-order valence-electron chi connectivity index (χ1n) is 5.32. The van der Waals surface area contributed by atoms with Gasteiger partial charge in [-0.25, -0.2) is 0 Å². The van der Waals surface area contributed by atoms with Crippen molar-refractivity contribution in [3.8, 4) is 5.75 Å². The maximum Gasteiger partial charge on any atom is 0.133 e. The van der Waals surface area contributed by atoms with Crippen molar-refractivity contribution >= 4 is 38.5 Å². The fourth-order valence-electron chi connectivity index (χ4n) is 1.30. The summed E-state index contributed by atoms with van der Waals surface area (Å²) in [4.78, 5) is 0. The van der Waals surface area contributed by atoms with Gasteiger partial charge in [0, 0.05) is 4.47 Å². The lowest BCUT2D eigenvalue weighted by atomic mass is 10.2. The van der Waals surface area contributed by atoms with Crippen molar-refractivity contribution in [1.82, 2.24) is 0 Å². The van der Waals surface area contributed by atoms with E-state index < -0.39 is 0 Å². The summed E-state index contributed by atoms with van der Waals surface area (Å²) in [6, 6.07) is 6.12. The standard InChI is InChI=1S/C12H16BrIO/c1-2-3-4-5-8-15-12-9-10(13)6-7-11(12)14/h6-7,9H,2-5,8H2,1H3. The molecule has 15 heavy (non-hydrogen) atoms. The molecular formula is C12H16BrIO. The SMILES string of the molecule is CCCCCCOc1cc(Br)ccc1I. The second kappa shape index (κ2) is 7.49. The zero-order valence-corrected chi connectivity index (χ0v) is 12.7. The van der Waals surface area contributed by atoms with Crippen LogP contribution in [0.2, 0.25) is 0 Å². The third-order valence-electron chi connectivity index (χ3n) is 2.15. The molecular weight excluding hydrogens is 367 g/mol. The van der Waals surface area contributed by atoms with Crippen molar-refractivity contribution in [2.45, 2.75) is 32.6 Å². The molecule has 0 amide bonds. The van der Waals surface area contributed by atoms with Gasteiger partial charge in [0.15, 0.2) is 0 Å². The minimum absolute atomic E-state index is 0.826. The molecule has 1 aromatic rings. The molecule has 0 saturated carbocycles. The first kappa shape index (κ1) is 13.3. The monoisotopic (exact) mass is 382 g/mol. The number of hydrogen-bond acceptors (Lipinski definition) is 1. The minimum Gasteiger partial charge on any atom is -0.492 e. The Morgan fingerprint density at radius 1 is 1.27 bits per heavy atom. The van der Waals surface area contributed by atoms with Crippen molar-refractivity contribution in [2.75, 3.05) is 6.61 Å². The fourth-order valence-corrected chi connectivity index (χ4v) is 2.13. The zero-order valence-electron chi connectivity index (χ0n) is 8.93. The molecule has 0 spiro atoms. The Balaban J connectivity index is 2.33. The van der Waals surface area contributed by atoms with Gasteiger partial charge in [-0.05, 0) is 47.2 Å². The van der Waals surface area contributed by atoms with Gasteiger partial charge < -0.3 is 4.74 Å². The maximum absolute atomic E-state index is 5.73. The number of ether oxygens (including phenoxy) is 1. The Morgan fingerprint density at radius 3 is 2.80 bits per heavy atom. The van der Waals surface area contributed by atoms with Gasteiger partial charge in [0.2, 0.25) is 0 Å². The number of hydrogen-bond donors (Lipinski definition) is 0. The summed E-state index contributed by atoms with van der Waals surface area (Å²) in [7, 11) is 0. The summed E-state index contributed by atoms with van der Waals surface area (Å²) in [6.45, 7) is 3.05. The highest BCUT2D eigenvalue weighted by Crippen LogP contribution is 2.25. The third-order valence-corrected chi connectivity index (χ3v) is 3.53. The number of benzene rings is 1. The Morgan fingerprint density at radius 2 is 2.07 bits per heavy atom. The van der Waals surface area contributed by atoms with Crippen LogP contribution in [-0.2, 0) is 0 Å². The van der Waals surface area contributed by atoms with E-state index in [1.54, 1.807) is 0 Å². The number of halogens is 2. The molecule has 0 aliphatic carbocycles. The molecule has 0 saturated heterocycles. The van der Waals surface area contributed by atoms with Crippen LogP contribution >= 0.6 is 38.5 Å². The van der Waals surface area contributed by atoms with Gasteiger partial charge in [-0.15, -0.1) is 0 Å². The first-order chi connectivity index (χ1) is 7.24. The van der Waals surface area contributed by atoms with Crippen LogP contribution in [0.15, 0.2) is 22.7 Å². The molecule has 1 nitrogen and oxygen atoms in total. The van der Waals surface area contributed by atoms with E-state index in [0.717, 1.165) is 23.2 Å². The van der Waals surface area contributed by atoms with Crippen LogP contribution in [0.1, 0.15) is 32.6 Å². The summed E-state index contributed by atoms with van der Waals surface area (Å²) in [5, 5.41) is 0. The van der Waals surface area contributed by atoms with Gasteiger partial charge >= 0.3 is 0 Å². The summed E-state index contributed by atoms with van der Waals surface area (Å²) in [6.07, 6.45) is 4.99. The highest BCUT2D eigenvalue weighted by Gasteiger charge is 2.01. The highest BCUT2D eigenvalue weighted by atomic mass is 127. The molecule has 0 bridgehead atoms. The van der Waals surface area contributed by atoms with Crippen LogP contribution in [0.3, 0.4) is 0 Å². The van der Waals surface area contributed by atoms with E-state index >= 15 is 0 Å². The molecule has 0 aromatic heterocycles. The lowest BCUT2D eigenvalue weighted by molar-refractivity contribution is 0.303. The van der Waals surface area contributed by atoms with Crippen LogP contribution in [0.5, 0.6) is 5.75 Å². The van der Waals surface area contributed by atoms with Crippen LogP contribution in [-0.4, -0.2) is 6.61 Å². The molecule has 0 aliphatic heterocycles. The molecule has 84 valence electrons. The van der Waals surface area contributed by atoms with Crippen molar-refractivity contribution < 1.29 is 4.74 Å². The van der Waals surface area contributed by atoms with Crippen LogP contribution in [0.4, 0.5) is 0 Å². The van der Waals surface area contributed by atoms with Gasteiger partial charge in [-0.2, -0.15) is 0 Å². The van der Waals surface area contributed by atoms with Crippen molar-refractivity contribution in [3.05, 3.63) is 26.2 Å². The molecule has 0 N–H and O–H groups in total. The van der Waals surface area contributed by atoms with E-state index in [-0.39, 0.29) is 0 Å².